The van der Waals surface area contributed by atoms with Crippen LogP contribution >= 0.6 is 15.9 Å². The summed E-state index contributed by atoms with van der Waals surface area (Å²) in [5.41, 5.74) is 7.20. The lowest BCUT2D eigenvalue weighted by atomic mass is 10.1. The predicted molar refractivity (Wildman–Crippen MR) is 81.7 cm³/mol. The Morgan fingerprint density at radius 3 is 2.39 bits per heavy atom. The van der Waals surface area contributed by atoms with Crippen LogP contribution in [0.2, 0.25) is 0 Å². The quantitative estimate of drug-likeness (QED) is 0.838. The normalized spacial score (nSPS) is 13.3. The largest absolute Gasteiger partial charge is 0.329 e. The molecule has 0 fully saturated rings. The molecular weight excluding hydrogens is 290 g/mol. The smallest absolute Gasteiger partial charge is 0.0478 e. The zero-order valence-corrected chi connectivity index (χ0v) is 13.2. The molecule has 0 aromatic heterocycles. The molecule has 102 valence electrons. The fraction of sp³-hybridized carbons (Fsp3) is 0.571. The lowest BCUT2D eigenvalue weighted by Crippen LogP contribution is -2.32. The summed E-state index contributed by atoms with van der Waals surface area (Å²) in [6.45, 7) is 2.81. The van der Waals surface area contributed by atoms with Crippen LogP contribution in [0.5, 0.6) is 0 Å². The summed E-state index contributed by atoms with van der Waals surface area (Å²) in [4.78, 5) is 4.55. The molecule has 2 N–H and O–H groups in total. The van der Waals surface area contributed by atoms with Crippen LogP contribution in [0.15, 0.2) is 28.7 Å². The highest BCUT2D eigenvalue weighted by atomic mass is 79.9. The first-order valence-electron chi connectivity index (χ1n) is 6.35. The molecule has 0 heterocycles. The van der Waals surface area contributed by atoms with E-state index in [4.69, 9.17) is 5.73 Å². The Kier molecular flexibility index (Phi) is 6.86. The number of likely N-dealkylation sites (N-methyl/N-ethyl adjacent to an activating group) is 1. The third-order valence-corrected chi connectivity index (χ3v) is 3.86. The molecule has 3 nitrogen and oxygen atoms in total. The molecule has 0 saturated heterocycles. The van der Waals surface area contributed by atoms with Gasteiger partial charge in [-0.3, -0.25) is 4.90 Å². The maximum absolute atomic E-state index is 5.93. The number of rotatable bonds is 7. The lowest BCUT2D eigenvalue weighted by Gasteiger charge is -2.28. The van der Waals surface area contributed by atoms with Gasteiger partial charge in [-0.2, -0.15) is 0 Å². The van der Waals surface area contributed by atoms with Crippen molar-refractivity contribution in [2.75, 3.05) is 40.8 Å². The van der Waals surface area contributed by atoms with Crippen molar-refractivity contribution < 1.29 is 0 Å². The van der Waals surface area contributed by atoms with Gasteiger partial charge in [0.25, 0.3) is 0 Å². The topological polar surface area (TPSA) is 32.5 Å². The van der Waals surface area contributed by atoms with E-state index in [-0.39, 0.29) is 6.04 Å². The Morgan fingerprint density at radius 1 is 1.17 bits per heavy atom. The van der Waals surface area contributed by atoms with Crippen molar-refractivity contribution >= 4 is 15.9 Å². The van der Waals surface area contributed by atoms with Crippen molar-refractivity contribution in [3.63, 3.8) is 0 Å². The molecule has 1 unspecified atom stereocenters. The van der Waals surface area contributed by atoms with Gasteiger partial charge < -0.3 is 10.6 Å². The zero-order valence-electron chi connectivity index (χ0n) is 11.6. The van der Waals surface area contributed by atoms with Gasteiger partial charge in [0.2, 0.25) is 0 Å². The summed E-state index contributed by atoms with van der Waals surface area (Å²) < 4.78 is 1.14. The number of hydrogen-bond acceptors (Lipinski definition) is 3. The Hall–Kier alpha value is -0.420. The molecule has 0 aliphatic heterocycles. The molecule has 1 rings (SSSR count). The molecule has 0 saturated carbocycles. The average molecular weight is 314 g/mol. The number of nitrogens with two attached hydrogens (primary N) is 1. The van der Waals surface area contributed by atoms with Gasteiger partial charge in [-0.05, 0) is 52.3 Å². The minimum atomic E-state index is 0.280. The van der Waals surface area contributed by atoms with E-state index in [0.717, 1.165) is 24.0 Å². The molecular formula is C14H24BrN3. The van der Waals surface area contributed by atoms with E-state index >= 15 is 0 Å². The van der Waals surface area contributed by atoms with Gasteiger partial charge in [-0.25, -0.2) is 0 Å². The van der Waals surface area contributed by atoms with E-state index < -0.39 is 0 Å². The van der Waals surface area contributed by atoms with Gasteiger partial charge in [0.1, 0.15) is 0 Å². The fourth-order valence-corrected chi connectivity index (χ4v) is 2.63. The Morgan fingerprint density at radius 2 is 1.83 bits per heavy atom. The molecule has 18 heavy (non-hydrogen) atoms. The van der Waals surface area contributed by atoms with Gasteiger partial charge in [-0.15, -0.1) is 0 Å². The molecule has 1 aromatic rings. The second kappa shape index (κ2) is 7.89. The summed E-state index contributed by atoms with van der Waals surface area (Å²) in [5, 5.41) is 0. The van der Waals surface area contributed by atoms with E-state index in [9.17, 15) is 0 Å². The van der Waals surface area contributed by atoms with E-state index in [2.05, 4.69) is 65.1 Å². The van der Waals surface area contributed by atoms with Gasteiger partial charge in [0.15, 0.2) is 0 Å². The molecule has 0 spiro atoms. The molecule has 0 aliphatic carbocycles. The van der Waals surface area contributed by atoms with Crippen LogP contribution in [0.4, 0.5) is 0 Å². The molecule has 0 radical (unpaired) electrons. The van der Waals surface area contributed by atoms with Crippen LogP contribution in [0, 0.1) is 0 Å². The molecule has 1 atom stereocenters. The summed E-state index contributed by atoms with van der Waals surface area (Å²) in [6.07, 6.45) is 1.16. The third-order valence-electron chi connectivity index (χ3n) is 3.14. The van der Waals surface area contributed by atoms with Crippen molar-refractivity contribution in [1.82, 2.24) is 9.80 Å². The maximum Gasteiger partial charge on any atom is 0.0478 e. The van der Waals surface area contributed by atoms with E-state index in [1.807, 2.05) is 6.07 Å². The van der Waals surface area contributed by atoms with Crippen LogP contribution in [-0.2, 0) is 0 Å². The van der Waals surface area contributed by atoms with Crippen LogP contribution < -0.4 is 5.73 Å². The van der Waals surface area contributed by atoms with Crippen LogP contribution in [0.3, 0.4) is 0 Å². The molecule has 0 amide bonds. The average Bonchev–Trinajstić information content (AvgIpc) is 2.32. The minimum absolute atomic E-state index is 0.280. The first-order chi connectivity index (χ1) is 8.56. The van der Waals surface area contributed by atoms with Gasteiger partial charge in [-0.1, -0.05) is 34.1 Å². The Bertz CT molecular complexity index is 355. The molecule has 4 heteroatoms. The predicted octanol–water partition coefficient (Wildman–Crippen LogP) is 2.33. The summed E-state index contributed by atoms with van der Waals surface area (Å²) >= 11 is 3.61. The lowest BCUT2D eigenvalue weighted by molar-refractivity contribution is 0.234. The highest BCUT2D eigenvalue weighted by Crippen LogP contribution is 2.26. The first-order valence-corrected chi connectivity index (χ1v) is 7.15. The second-order valence-electron chi connectivity index (χ2n) is 4.91. The SMILES string of the molecule is CN(C)CCCN(C)C(CN)c1ccccc1Br. The summed E-state index contributed by atoms with van der Waals surface area (Å²) in [5.74, 6) is 0. The monoisotopic (exact) mass is 313 g/mol. The van der Waals surface area contributed by atoms with Crippen molar-refractivity contribution in [1.29, 1.82) is 0 Å². The number of benzene rings is 1. The maximum atomic E-state index is 5.93. The van der Waals surface area contributed by atoms with Crippen molar-refractivity contribution in [3.05, 3.63) is 34.3 Å². The number of halogens is 1. The minimum Gasteiger partial charge on any atom is -0.329 e. The van der Waals surface area contributed by atoms with Crippen molar-refractivity contribution in [3.8, 4) is 0 Å². The standard InChI is InChI=1S/C14H24BrN3/c1-17(2)9-6-10-18(3)14(11-16)12-7-4-5-8-13(12)15/h4-5,7-8,14H,6,9-11,16H2,1-3H3. The second-order valence-corrected chi connectivity index (χ2v) is 5.76. The van der Waals surface area contributed by atoms with Gasteiger partial charge in [0, 0.05) is 17.1 Å². The third kappa shape index (κ3) is 4.69. The van der Waals surface area contributed by atoms with Crippen LogP contribution in [-0.4, -0.2) is 50.6 Å². The van der Waals surface area contributed by atoms with E-state index in [0.29, 0.717) is 6.54 Å². The number of nitrogens with zero attached hydrogens (tertiary/aromatic N) is 2. The highest BCUT2D eigenvalue weighted by Gasteiger charge is 2.17. The van der Waals surface area contributed by atoms with E-state index in [1.165, 1.54) is 5.56 Å². The zero-order chi connectivity index (χ0) is 13.5. The summed E-state index contributed by atoms with van der Waals surface area (Å²) in [7, 11) is 6.36. The highest BCUT2D eigenvalue weighted by molar-refractivity contribution is 9.10. The molecule has 0 bridgehead atoms. The van der Waals surface area contributed by atoms with E-state index in [1.54, 1.807) is 0 Å². The number of hydrogen-bond donors (Lipinski definition) is 1. The van der Waals surface area contributed by atoms with Crippen LogP contribution in [0.1, 0.15) is 18.0 Å². The molecule has 1 aromatic carbocycles. The van der Waals surface area contributed by atoms with Gasteiger partial charge >= 0.3 is 0 Å². The Labute approximate surface area is 119 Å². The fourth-order valence-electron chi connectivity index (χ4n) is 2.08. The molecule has 0 aliphatic rings. The van der Waals surface area contributed by atoms with Gasteiger partial charge in [0.05, 0.1) is 0 Å². The van der Waals surface area contributed by atoms with Crippen molar-refractivity contribution in [2.45, 2.75) is 12.5 Å². The first kappa shape index (κ1) is 15.6. The van der Waals surface area contributed by atoms with Crippen molar-refractivity contribution in [2.24, 2.45) is 5.73 Å². The van der Waals surface area contributed by atoms with Crippen LogP contribution in [0.25, 0.3) is 0 Å². The Balaban J connectivity index is 2.63. The summed E-state index contributed by atoms with van der Waals surface area (Å²) in [6, 6.07) is 8.60.